The van der Waals surface area contributed by atoms with Crippen molar-refractivity contribution in [3.8, 4) is 0 Å². The van der Waals surface area contributed by atoms with Crippen LogP contribution in [0.15, 0.2) is 4.52 Å². The highest BCUT2D eigenvalue weighted by Gasteiger charge is 2.38. The molecule has 1 aliphatic heterocycles. The summed E-state index contributed by atoms with van der Waals surface area (Å²) in [5, 5.41) is 7.53. The molecule has 1 saturated heterocycles. The van der Waals surface area contributed by atoms with Gasteiger partial charge in [-0.1, -0.05) is 18.5 Å². The first kappa shape index (κ1) is 16.4. The second-order valence-corrected chi connectivity index (χ2v) is 5.65. The Morgan fingerprint density at radius 1 is 1.24 bits per heavy atom. The van der Waals surface area contributed by atoms with Gasteiger partial charge in [-0.15, -0.1) is 0 Å². The maximum absolute atomic E-state index is 5.57. The molecule has 2 rings (SSSR count). The molecule has 0 saturated carbocycles. The molecule has 0 bridgehead atoms. The molecule has 0 radical (unpaired) electrons. The van der Waals surface area contributed by atoms with Crippen LogP contribution in [0.5, 0.6) is 0 Å². The van der Waals surface area contributed by atoms with Gasteiger partial charge in [-0.3, -0.25) is 0 Å². The summed E-state index contributed by atoms with van der Waals surface area (Å²) in [6, 6.07) is 0. The lowest BCUT2D eigenvalue weighted by Gasteiger charge is -2.34. The highest BCUT2D eigenvalue weighted by molar-refractivity contribution is 5.07. The second-order valence-electron chi connectivity index (χ2n) is 5.65. The van der Waals surface area contributed by atoms with E-state index in [4.69, 9.17) is 14.0 Å². The maximum Gasteiger partial charge on any atom is 0.232 e. The van der Waals surface area contributed by atoms with Crippen LogP contribution in [0.3, 0.4) is 0 Å². The van der Waals surface area contributed by atoms with Gasteiger partial charge in [0.25, 0.3) is 0 Å². The van der Waals surface area contributed by atoms with E-state index in [1.54, 1.807) is 7.11 Å². The molecule has 0 aliphatic carbocycles. The zero-order chi connectivity index (χ0) is 15.0. The van der Waals surface area contributed by atoms with Crippen molar-refractivity contribution in [3.63, 3.8) is 0 Å². The van der Waals surface area contributed by atoms with Gasteiger partial charge in [-0.25, -0.2) is 0 Å². The van der Waals surface area contributed by atoms with Crippen molar-refractivity contribution in [1.82, 2.24) is 15.5 Å². The molecule has 1 N–H and O–H groups in total. The second kappa shape index (κ2) is 8.46. The number of nitrogens with zero attached hydrogens (tertiary/aromatic N) is 2. The summed E-state index contributed by atoms with van der Waals surface area (Å²) in [5.74, 6) is 1.56. The highest BCUT2D eigenvalue weighted by Crippen LogP contribution is 2.36. The lowest BCUT2D eigenvalue weighted by atomic mass is 9.75. The predicted molar refractivity (Wildman–Crippen MR) is 79.4 cm³/mol. The van der Waals surface area contributed by atoms with Crippen molar-refractivity contribution in [2.45, 2.75) is 44.4 Å². The smallest absolute Gasteiger partial charge is 0.232 e. The van der Waals surface area contributed by atoms with E-state index in [1.807, 2.05) is 0 Å². The SMILES string of the molecule is CCCC1(c2nc(CCOCCOC)no2)CCNCC1. The normalized spacial score (nSPS) is 18.0. The molecule has 1 aliphatic rings. The van der Waals surface area contributed by atoms with Crippen LogP contribution < -0.4 is 5.32 Å². The Bertz CT molecular complexity index is 397. The fraction of sp³-hybridized carbons (Fsp3) is 0.867. The van der Waals surface area contributed by atoms with Crippen LogP contribution in [-0.2, 0) is 21.3 Å². The van der Waals surface area contributed by atoms with E-state index in [0.717, 1.165) is 50.5 Å². The third-order valence-electron chi connectivity index (χ3n) is 4.11. The minimum absolute atomic E-state index is 0.0716. The molecule has 2 heterocycles. The van der Waals surface area contributed by atoms with Crippen molar-refractivity contribution in [2.24, 2.45) is 0 Å². The Morgan fingerprint density at radius 2 is 2.05 bits per heavy atom. The third kappa shape index (κ3) is 4.49. The molecule has 6 heteroatoms. The summed E-state index contributed by atoms with van der Waals surface area (Å²) in [6.07, 6.45) is 5.09. The van der Waals surface area contributed by atoms with Crippen molar-refractivity contribution in [2.75, 3.05) is 40.0 Å². The topological polar surface area (TPSA) is 69.4 Å². The number of hydrogen-bond donors (Lipinski definition) is 1. The van der Waals surface area contributed by atoms with E-state index in [9.17, 15) is 0 Å². The predicted octanol–water partition coefficient (Wildman–Crippen LogP) is 1.70. The van der Waals surface area contributed by atoms with E-state index >= 15 is 0 Å². The molecule has 0 amide bonds. The van der Waals surface area contributed by atoms with Crippen molar-refractivity contribution >= 4 is 0 Å². The molecule has 120 valence electrons. The monoisotopic (exact) mass is 297 g/mol. The van der Waals surface area contributed by atoms with Crippen molar-refractivity contribution in [3.05, 3.63) is 11.7 Å². The van der Waals surface area contributed by atoms with Crippen LogP contribution in [0.4, 0.5) is 0 Å². The highest BCUT2D eigenvalue weighted by atomic mass is 16.5. The van der Waals surface area contributed by atoms with Crippen molar-refractivity contribution < 1.29 is 14.0 Å². The summed E-state index contributed by atoms with van der Waals surface area (Å²) in [4.78, 5) is 4.63. The van der Waals surface area contributed by atoms with Gasteiger partial charge >= 0.3 is 0 Å². The number of rotatable bonds is 9. The van der Waals surface area contributed by atoms with Crippen LogP contribution in [0, 0.1) is 0 Å². The number of ether oxygens (including phenoxy) is 2. The molecule has 1 aromatic heterocycles. The average Bonchev–Trinajstić information content (AvgIpc) is 2.98. The first-order chi connectivity index (χ1) is 10.3. The van der Waals surface area contributed by atoms with Gasteiger partial charge < -0.3 is 19.3 Å². The molecule has 6 nitrogen and oxygen atoms in total. The molecule has 1 fully saturated rings. The molecule has 1 aromatic rings. The Kier molecular flexibility index (Phi) is 6.60. The molecular formula is C15H27N3O3. The standard InChI is InChI=1S/C15H27N3O3/c1-3-5-15(6-8-16-9-7-15)14-17-13(18-21-14)4-10-20-12-11-19-2/h16H,3-12H2,1-2H3. The number of methoxy groups -OCH3 is 1. The minimum atomic E-state index is 0.0716. The van der Waals surface area contributed by atoms with E-state index in [1.165, 1.54) is 0 Å². The van der Waals surface area contributed by atoms with Gasteiger partial charge in [0.05, 0.1) is 25.2 Å². The molecule has 0 unspecified atom stereocenters. The zero-order valence-corrected chi connectivity index (χ0v) is 13.2. The Morgan fingerprint density at radius 3 is 2.76 bits per heavy atom. The quantitative estimate of drug-likeness (QED) is 0.700. The Balaban J connectivity index is 1.90. The summed E-state index contributed by atoms with van der Waals surface area (Å²) in [6.45, 7) is 6.09. The molecule has 0 aromatic carbocycles. The van der Waals surface area contributed by atoms with Gasteiger partial charge in [0.15, 0.2) is 5.82 Å². The van der Waals surface area contributed by atoms with Crippen LogP contribution in [-0.4, -0.2) is 50.2 Å². The van der Waals surface area contributed by atoms with Gasteiger partial charge in [-0.05, 0) is 32.4 Å². The molecule has 0 spiro atoms. The number of aromatic nitrogens is 2. The van der Waals surface area contributed by atoms with E-state index in [0.29, 0.717) is 26.2 Å². The number of piperidine rings is 1. The van der Waals surface area contributed by atoms with E-state index in [2.05, 4.69) is 22.4 Å². The summed E-state index contributed by atoms with van der Waals surface area (Å²) < 4.78 is 16.0. The number of nitrogens with one attached hydrogen (secondary N) is 1. The third-order valence-corrected chi connectivity index (χ3v) is 4.11. The minimum Gasteiger partial charge on any atom is -0.382 e. The summed E-state index contributed by atoms with van der Waals surface area (Å²) >= 11 is 0. The number of hydrogen-bond acceptors (Lipinski definition) is 6. The zero-order valence-electron chi connectivity index (χ0n) is 13.2. The van der Waals surface area contributed by atoms with Crippen molar-refractivity contribution in [1.29, 1.82) is 0 Å². The first-order valence-corrected chi connectivity index (χ1v) is 7.91. The molecular weight excluding hydrogens is 270 g/mol. The summed E-state index contributed by atoms with van der Waals surface area (Å²) in [5.41, 5.74) is 0.0716. The van der Waals surface area contributed by atoms with E-state index in [-0.39, 0.29) is 5.41 Å². The van der Waals surface area contributed by atoms with Crippen LogP contribution >= 0.6 is 0 Å². The maximum atomic E-state index is 5.57. The largest absolute Gasteiger partial charge is 0.382 e. The van der Waals surface area contributed by atoms with Gasteiger partial charge in [0.2, 0.25) is 5.89 Å². The Hall–Kier alpha value is -0.980. The Labute approximate surface area is 126 Å². The van der Waals surface area contributed by atoms with Crippen LogP contribution in [0.1, 0.15) is 44.3 Å². The van der Waals surface area contributed by atoms with Gasteiger partial charge in [-0.2, -0.15) is 4.98 Å². The van der Waals surface area contributed by atoms with Gasteiger partial charge in [0, 0.05) is 13.5 Å². The fourth-order valence-corrected chi connectivity index (χ4v) is 2.93. The summed E-state index contributed by atoms with van der Waals surface area (Å²) in [7, 11) is 1.67. The average molecular weight is 297 g/mol. The fourth-order valence-electron chi connectivity index (χ4n) is 2.93. The molecule has 0 atom stereocenters. The molecule has 21 heavy (non-hydrogen) atoms. The van der Waals surface area contributed by atoms with Gasteiger partial charge in [0.1, 0.15) is 0 Å². The van der Waals surface area contributed by atoms with E-state index < -0.39 is 0 Å². The van der Waals surface area contributed by atoms with Crippen LogP contribution in [0.2, 0.25) is 0 Å². The first-order valence-electron chi connectivity index (χ1n) is 7.91. The van der Waals surface area contributed by atoms with Crippen LogP contribution in [0.25, 0.3) is 0 Å². The lowest BCUT2D eigenvalue weighted by Crippen LogP contribution is -2.40. The lowest BCUT2D eigenvalue weighted by molar-refractivity contribution is 0.0714.